The van der Waals surface area contributed by atoms with Crippen molar-refractivity contribution in [3.63, 3.8) is 0 Å². The Kier molecular flexibility index (Phi) is 2.71. The van der Waals surface area contributed by atoms with Crippen molar-refractivity contribution in [2.24, 2.45) is 0 Å². The van der Waals surface area contributed by atoms with Crippen LogP contribution in [0.25, 0.3) is 10.9 Å². The largest absolute Gasteiger partial charge is 0.477 e. The fourth-order valence-corrected chi connectivity index (χ4v) is 1.15. The van der Waals surface area contributed by atoms with Crippen LogP contribution in [-0.4, -0.2) is 4.98 Å². The van der Waals surface area contributed by atoms with Crippen LogP contribution in [0.1, 0.15) is 5.56 Å². The number of aromatic nitrogens is 1. The van der Waals surface area contributed by atoms with E-state index in [1.54, 1.807) is 12.1 Å². The maximum Gasteiger partial charge on any atom is 0.127 e. The normalized spacial score (nSPS) is 9.23. The zero-order valence-corrected chi connectivity index (χ0v) is 7.43. The average molecular weight is 218 g/mol. The van der Waals surface area contributed by atoms with Gasteiger partial charge in [0.25, 0.3) is 0 Å². The van der Waals surface area contributed by atoms with Crippen molar-refractivity contribution in [1.29, 1.82) is 5.26 Å². The van der Waals surface area contributed by atoms with Gasteiger partial charge in [0.15, 0.2) is 0 Å². The summed E-state index contributed by atoms with van der Waals surface area (Å²) >= 11 is 0. The Bertz CT molecular complexity index is 470. The second-order valence-electron chi connectivity index (χ2n) is 2.41. The Hall–Kier alpha value is -1.31. The number of nitrogens with one attached hydrogen (secondary N) is 1. The second kappa shape index (κ2) is 3.60. The average Bonchev–Trinajstić information content (AvgIpc) is 2.52. The number of hydrogen-bond donors (Lipinski definition) is 1. The quantitative estimate of drug-likeness (QED) is 0.674. The first-order valence-corrected chi connectivity index (χ1v) is 3.40. The minimum Gasteiger partial charge on any atom is -0.477 e. The molecule has 67 valence electrons. The molecular weight excluding hydrogens is 214 g/mol. The van der Waals surface area contributed by atoms with Crippen LogP contribution < -0.4 is 0 Å². The SMILES string of the molecule is N#Cc1c(F)ccc2[nH][c-]cc12.[Co]. The van der Waals surface area contributed by atoms with Gasteiger partial charge in [0, 0.05) is 22.3 Å². The van der Waals surface area contributed by atoms with E-state index < -0.39 is 5.82 Å². The minimum atomic E-state index is -0.488. The van der Waals surface area contributed by atoms with Crippen LogP contribution in [0.2, 0.25) is 0 Å². The van der Waals surface area contributed by atoms with Gasteiger partial charge in [-0.1, -0.05) is 0 Å². The summed E-state index contributed by atoms with van der Waals surface area (Å²) in [6.07, 6.45) is 2.70. The first-order valence-electron chi connectivity index (χ1n) is 3.40. The summed E-state index contributed by atoms with van der Waals surface area (Å²) in [7, 11) is 0. The molecule has 0 saturated heterocycles. The van der Waals surface area contributed by atoms with E-state index in [0.29, 0.717) is 5.39 Å². The number of rotatable bonds is 0. The molecule has 0 spiro atoms. The molecule has 2 aromatic rings. The molecule has 0 amide bonds. The molecular formula is C9H4CoFN2-. The van der Waals surface area contributed by atoms with Crippen molar-refractivity contribution in [2.45, 2.75) is 0 Å². The molecule has 0 saturated carbocycles. The number of benzene rings is 1. The van der Waals surface area contributed by atoms with Gasteiger partial charge in [-0.15, -0.1) is 23.2 Å². The standard InChI is InChI=1S/C9H4FN2.Co/c10-8-1-2-9-6(3-4-12-9)7(8)5-11;/h1-3,12H;/q-1;. The molecule has 1 aromatic carbocycles. The Morgan fingerprint density at radius 3 is 2.92 bits per heavy atom. The molecule has 0 unspecified atom stereocenters. The number of fused-ring (bicyclic) bond motifs is 1. The van der Waals surface area contributed by atoms with Gasteiger partial charge < -0.3 is 4.98 Å². The maximum atomic E-state index is 12.9. The number of hydrogen-bond acceptors (Lipinski definition) is 1. The van der Waals surface area contributed by atoms with Crippen LogP contribution in [-0.2, 0) is 16.8 Å². The second-order valence-corrected chi connectivity index (χ2v) is 2.41. The van der Waals surface area contributed by atoms with Crippen LogP contribution in [0.15, 0.2) is 18.2 Å². The number of halogens is 1. The molecule has 1 radical (unpaired) electrons. The van der Waals surface area contributed by atoms with E-state index in [9.17, 15) is 4.39 Å². The van der Waals surface area contributed by atoms with Crippen molar-refractivity contribution >= 4 is 10.9 Å². The van der Waals surface area contributed by atoms with Gasteiger partial charge in [-0.3, -0.25) is 0 Å². The van der Waals surface area contributed by atoms with Gasteiger partial charge in [-0.05, 0) is 6.07 Å². The summed E-state index contributed by atoms with van der Waals surface area (Å²) in [5, 5.41) is 9.20. The van der Waals surface area contributed by atoms with Gasteiger partial charge in [-0.25, -0.2) is 4.39 Å². The van der Waals surface area contributed by atoms with Crippen molar-refractivity contribution in [3.8, 4) is 6.07 Å². The molecule has 2 rings (SSSR count). The van der Waals surface area contributed by atoms with Gasteiger partial charge in [0.05, 0.1) is 6.07 Å². The third-order valence-electron chi connectivity index (χ3n) is 1.73. The molecule has 4 heteroatoms. The molecule has 1 N–H and O–H groups in total. The van der Waals surface area contributed by atoms with Gasteiger partial charge in [0.2, 0.25) is 0 Å². The van der Waals surface area contributed by atoms with Crippen LogP contribution in [0.3, 0.4) is 0 Å². The van der Waals surface area contributed by atoms with Crippen molar-refractivity contribution in [2.75, 3.05) is 0 Å². The summed E-state index contributed by atoms with van der Waals surface area (Å²) < 4.78 is 12.9. The Morgan fingerprint density at radius 2 is 2.23 bits per heavy atom. The fourth-order valence-electron chi connectivity index (χ4n) is 1.15. The van der Waals surface area contributed by atoms with E-state index in [-0.39, 0.29) is 22.3 Å². The van der Waals surface area contributed by atoms with Gasteiger partial charge in [-0.2, -0.15) is 11.3 Å². The van der Waals surface area contributed by atoms with E-state index in [2.05, 4.69) is 11.2 Å². The van der Waals surface area contributed by atoms with Gasteiger partial charge >= 0.3 is 0 Å². The van der Waals surface area contributed by atoms with E-state index in [0.717, 1.165) is 5.52 Å². The molecule has 0 atom stereocenters. The molecule has 0 bridgehead atoms. The summed E-state index contributed by atoms with van der Waals surface area (Å²) in [6, 6.07) is 6.23. The molecule has 13 heavy (non-hydrogen) atoms. The van der Waals surface area contributed by atoms with Crippen molar-refractivity contribution < 1.29 is 21.2 Å². The van der Waals surface area contributed by atoms with Crippen molar-refractivity contribution in [1.82, 2.24) is 4.98 Å². The van der Waals surface area contributed by atoms with E-state index in [1.807, 2.05) is 6.07 Å². The molecule has 0 aliphatic rings. The first kappa shape index (κ1) is 9.77. The monoisotopic (exact) mass is 218 g/mol. The fraction of sp³-hybridized carbons (Fsp3) is 0. The summed E-state index contributed by atoms with van der Waals surface area (Å²) in [5.41, 5.74) is 0.804. The molecule has 1 heterocycles. The van der Waals surface area contributed by atoms with Crippen LogP contribution in [0.4, 0.5) is 4.39 Å². The predicted molar refractivity (Wildman–Crippen MR) is 41.8 cm³/mol. The zero-order chi connectivity index (χ0) is 8.55. The Balaban J connectivity index is 0.000000845. The first-order chi connectivity index (χ1) is 5.83. The van der Waals surface area contributed by atoms with Crippen LogP contribution >= 0.6 is 0 Å². The topological polar surface area (TPSA) is 39.6 Å². The molecule has 0 aliphatic carbocycles. The number of nitriles is 1. The summed E-state index contributed by atoms with van der Waals surface area (Å²) in [4.78, 5) is 2.78. The van der Waals surface area contributed by atoms with Crippen LogP contribution in [0.5, 0.6) is 0 Å². The number of nitrogens with zero attached hydrogens (tertiary/aromatic N) is 1. The smallest absolute Gasteiger partial charge is 0.127 e. The minimum absolute atomic E-state index is 0. The summed E-state index contributed by atoms with van der Waals surface area (Å²) in [6.45, 7) is 0. The van der Waals surface area contributed by atoms with Gasteiger partial charge in [0.1, 0.15) is 5.82 Å². The molecule has 1 aromatic heterocycles. The summed E-state index contributed by atoms with van der Waals surface area (Å²) in [5.74, 6) is -0.488. The van der Waals surface area contributed by atoms with E-state index in [1.165, 1.54) is 6.07 Å². The third-order valence-corrected chi connectivity index (χ3v) is 1.73. The van der Waals surface area contributed by atoms with Crippen molar-refractivity contribution in [3.05, 3.63) is 35.8 Å². The van der Waals surface area contributed by atoms with Crippen LogP contribution in [0, 0.1) is 23.3 Å². The zero-order valence-electron chi connectivity index (χ0n) is 6.39. The molecule has 2 nitrogen and oxygen atoms in total. The maximum absolute atomic E-state index is 12.9. The Morgan fingerprint density at radius 1 is 1.46 bits per heavy atom. The van der Waals surface area contributed by atoms with E-state index in [4.69, 9.17) is 5.26 Å². The molecule has 0 aliphatic heterocycles. The van der Waals surface area contributed by atoms with E-state index >= 15 is 0 Å². The molecule has 0 fully saturated rings. The predicted octanol–water partition coefficient (Wildman–Crippen LogP) is 1.98. The number of H-pyrrole nitrogens is 1. The Labute approximate surface area is 84.6 Å². The number of aromatic amines is 1. The third kappa shape index (κ3) is 1.44.